The highest BCUT2D eigenvalue weighted by molar-refractivity contribution is 5.85. The van der Waals surface area contributed by atoms with Crippen molar-refractivity contribution < 1.29 is 9.53 Å². The predicted molar refractivity (Wildman–Crippen MR) is 48.6 cm³/mol. The Bertz CT molecular complexity index is 242. The molecule has 1 amide bonds. The molecule has 0 rings (SSSR count). The molecule has 13 heavy (non-hydrogen) atoms. The van der Waals surface area contributed by atoms with Gasteiger partial charge in [0.2, 0.25) is 5.91 Å². The molecule has 4 nitrogen and oxygen atoms in total. The highest BCUT2D eigenvalue weighted by Crippen LogP contribution is 2.16. The highest BCUT2D eigenvalue weighted by atomic mass is 16.5. The van der Waals surface area contributed by atoms with Gasteiger partial charge in [-0.25, -0.2) is 0 Å². The number of ether oxygens (including phenoxy) is 1. The molecule has 0 aliphatic rings. The number of hydrogen-bond donors (Lipinski definition) is 1. The summed E-state index contributed by atoms with van der Waals surface area (Å²) in [5, 5.41) is 8.51. The zero-order valence-corrected chi connectivity index (χ0v) is 7.91. The summed E-state index contributed by atoms with van der Waals surface area (Å²) in [4.78, 5) is 10.5. The monoisotopic (exact) mass is 182 g/mol. The van der Waals surface area contributed by atoms with Crippen LogP contribution >= 0.6 is 0 Å². The van der Waals surface area contributed by atoms with E-state index in [0.29, 0.717) is 6.61 Å². The zero-order valence-electron chi connectivity index (χ0n) is 7.91. The normalized spacial score (nSPS) is 15.2. The number of nitrogens with two attached hydrogens (primary N) is 1. The van der Waals surface area contributed by atoms with E-state index in [9.17, 15) is 4.79 Å². The van der Waals surface area contributed by atoms with Gasteiger partial charge in [0.1, 0.15) is 0 Å². The fourth-order valence-electron chi connectivity index (χ4n) is 0.903. The van der Waals surface area contributed by atoms with Gasteiger partial charge in [-0.3, -0.25) is 4.79 Å². The van der Waals surface area contributed by atoms with Crippen LogP contribution in [0.25, 0.3) is 0 Å². The Balaban J connectivity index is 4.41. The molecule has 0 saturated carbocycles. The maximum atomic E-state index is 10.5. The SMILES string of the molecule is CCOC(C)(C=CC(N)=O)CC#N. The second-order valence-electron chi connectivity index (χ2n) is 2.82. The van der Waals surface area contributed by atoms with Gasteiger partial charge in [0.05, 0.1) is 18.1 Å². The Morgan fingerprint density at radius 3 is 2.77 bits per heavy atom. The van der Waals surface area contributed by atoms with Crippen molar-refractivity contribution in [2.45, 2.75) is 25.9 Å². The molecule has 1 unspecified atom stereocenters. The molecule has 1 atom stereocenters. The summed E-state index contributed by atoms with van der Waals surface area (Å²) in [6, 6.07) is 1.99. The molecule has 0 saturated heterocycles. The average molecular weight is 182 g/mol. The average Bonchev–Trinajstić information content (AvgIpc) is 2.02. The standard InChI is InChI=1S/C9H14N2O2/c1-3-13-9(2,6-7-10)5-4-8(11)12/h4-5H,3,6H2,1-2H3,(H2,11,12). The van der Waals surface area contributed by atoms with E-state index in [1.165, 1.54) is 12.2 Å². The van der Waals surface area contributed by atoms with Crippen molar-refractivity contribution in [3.05, 3.63) is 12.2 Å². The number of nitriles is 1. The van der Waals surface area contributed by atoms with Gasteiger partial charge in [0.25, 0.3) is 0 Å². The second kappa shape index (κ2) is 5.33. The zero-order chi connectivity index (χ0) is 10.3. The molecule has 0 aliphatic carbocycles. The summed E-state index contributed by atoms with van der Waals surface area (Å²) in [6.45, 7) is 4.05. The Morgan fingerprint density at radius 1 is 1.77 bits per heavy atom. The van der Waals surface area contributed by atoms with E-state index in [1.807, 2.05) is 13.0 Å². The van der Waals surface area contributed by atoms with Crippen LogP contribution in [0.3, 0.4) is 0 Å². The summed E-state index contributed by atoms with van der Waals surface area (Å²) >= 11 is 0. The lowest BCUT2D eigenvalue weighted by atomic mass is 10.0. The summed E-state index contributed by atoms with van der Waals surface area (Å²) in [5.74, 6) is -0.538. The van der Waals surface area contributed by atoms with E-state index in [4.69, 9.17) is 15.7 Å². The van der Waals surface area contributed by atoms with Gasteiger partial charge in [0.15, 0.2) is 0 Å². The van der Waals surface area contributed by atoms with Crippen LogP contribution < -0.4 is 5.73 Å². The minimum absolute atomic E-state index is 0.199. The van der Waals surface area contributed by atoms with Crippen molar-refractivity contribution in [1.29, 1.82) is 5.26 Å². The molecule has 0 spiro atoms. The third-order valence-electron chi connectivity index (χ3n) is 1.50. The van der Waals surface area contributed by atoms with Crippen LogP contribution in [0.15, 0.2) is 12.2 Å². The molecule has 0 bridgehead atoms. The fraction of sp³-hybridized carbons (Fsp3) is 0.556. The van der Waals surface area contributed by atoms with Crippen LogP contribution in [-0.2, 0) is 9.53 Å². The Morgan fingerprint density at radius 2 is 2.38 bits per heavy atom. The topological polar surface area (TPSA) is 76.1 Å². The first-order chi connectivity index (χ1) is 6.04. The largest absolute Gasteiger partial charge is 0.370 e. The van der Waals surface area contributed by atoms with Crippen LogP contribution in [0.1, 0.15) is 20.3 Å². The van der Waals surface area contributed by atoms with Crippen molar-refractivity contribution >= 4 is 5.91 Å². The van der Waals surface area contributed by atoms with E-state index in [2.05, 4.69) is 0 Å². The molecule has 4 heteroatoms. The third kappa shape index (κ3) is 4.99. The number of amides is 1. The molecule has 0 aromatic rings. The quantitative estimate of drug-likeness (QED) is 0.637. The molecule has 0 aromatic carbocycles. The van der Waals surface area contributed by atoms with Crippen molar-refractivity contribution in [1.82, 2.24) is 0 Å². The van der Waals surface area contributed by atoms with Crippen molar-refractivity contribution in [3.63, 3.8) is 0 Å². The molecule has 0 radical (unpaired) electrons. The highest BCUT2D eigenvalue weighted by Gasteiger charge is 2.20. The smallest absolute Gasteiger partial charge is 0.241 e. The summed E-state index contributed by atoms with van der Waals surface area (Å²) in [6.07, 6.45) is 2.93. The van der Waals surface area contributed by atoms with Crippen LogP contribution in [0.5, 0.6) is 0 Å². The number of carbonyl (C=O) groups excluding carboxylic acids is 1. The van der Waals surface area contributed by atoms with Gasteiger partial charge in [-0.2, -0.15) is 5.26 Å². The third-order valence-corrected chi connectivity index (χ3v) is 1.50. The minimum Gasteiger partial charge on any atom is -0.370 e. The maximum Gasteiger partial charge on any atom is 0.241 e. The van der Waals surface area contributed by atoms with Crippen molar-refractivity contribution in [2.75, 3.05) is 6.61 Å². The molecule has 72 valence electrons. The lowest BCUT2D eigenvalue weighted by Crippen LogP contribution is -2.26. The van der Waals surface area contributed by atoms with E-state index in [0.717, 1.165) is 0 Å². The molecule has 0 aliphatic heterocycles. The molecular weight excluding hydrogens is 168 g/mol. The molecular formula is C9H14N2O2. The van der Waals surface area contributed by atoms with Crippen LogP contribution in [0.4, 0.5) is 0 Å². The van der Waals surface area contributed by atoms with Crippen molar-refractivity contribution in [2.24, 2.45) is 5.73 Å². The van der Waals surface area contributed by atoms with Gasteiger partial charge in [0, 0.05) is 12.7 Å². The van der Waals surface area contributed by atoms with E-state index >= 15 is 0 Å². The van der Waals surface area contributed by atoms with Crippen LogP contribution in [0, 0.1) is 11.3 Å². The molecule has 0 fully saturated rings. The van der Waals surface area contributed by atoms with Gasteiger partial charge in [-0.15, -0.1) is 0 Å². The Kier molecular flexibility index (Phi) is 4.78. The summed E-state index contributed by atoms with van der Waals surface area (Å²) in [7, 11) is 0. The summed E-state index contributed by atoms with van der Waals surface area (Å²) in [5.41, 5.74) is 4.22. The first kappa shape index (κ1) is 11.7. The predicted octanol–water partition coefficient (Wildman–Crippen LogP) is 0.737. The molecule has 0 heterocycles. The number of rotatable bonds is 5. The maximum absolute atomic E-state index is 10.5. The lowest BCUT2D eigenvalue weighted by Gasteiger charge is -2.22. The van der Waals surface area contributed by atoms with Crippen molar-refractivity contribution in [3.8, 4) is 6.07 Å². The lowest BCUT2D eigenvalue weighted by molar-refractivity contribution is -0.113. The first-order valence-electron chi connectivity index (χ1n) is 4.03. The van der Waals surface area contributed by atoms with Gasteiger partial charge in [-0.1, -0.05) is 0 Å². The van der Waals surface area contributed by atoms with Gasteiger partial charge >= 0.3 is 0 Å². The van der Waals surface area contributed by atoms with Gasteiger partial charge in [-0.05, 0) is 19.9 Å². The van der Waals surface area contributed by atoms with E-state index < -0.39 is 11.5 Å². The van der Waals surface area contributed by atoms with Crippen LogP contribution in [0.2, 0.25) is 0 Å². The second-order valence-corrected chi connectivity index (χ2v) is 2.82. The van der Waals surface area contributed by atoms with Gasteiger partial charge < -0.3 is 10.5 Å². The summed E-state index contributed by atoms with van der Waals surface area (Å²) < 4.78 is 5.30. The molecule has 0 aromatic heterocycles. The number of nitrogens with zero attached hydrogens (tertiary/aromatic N) is 1. The Hall–Kier alpha value is -1.34. The number of hydrogen-bond acceptors (Lipinski definition) is 3. The Labute approximate surface area is 78.0 Å². The first-order valence-corrected chi connectivity index (χ1v) is 4.03. The van der Waals surface area contributed by atoms with Crippen LogP contribution in [-0.4, -0.2) is 18.1 Å². The van der Waals surface area contributed by atoms with E-state index in [1.54, 1.807) is 6.92 Å². The fourth-order valence-corrected chi connectivity index (χ4v) is 0.903. The number of primary amides is 1. The number of carbonyl (C=O) groups is 1. The molecule has 2 N–H and O–H groups in total. The minimum atomic E-state index is -0.710. The van der Waals surface area contributed by atoms with E-state index in [-0.39, 0.29) is 6.42 Å².